The van der Waals surface area contributed by atoms with Gasteiger partial charge in [0, 0.05) is 39.3 Å². The summed E-state index contributed by atoms with van der Waals surface area (Å²) >= 11 is 0. The Morgan fingerprint density at radius 2 is 1.86 bits per heavy atom. The number of likely N-dealkylation sites (N-methyl/N-ethyl adjacent to an activating group) is 1. The number of likely N-dealkylation sites (tertiary alicyclic amines) is 1. The van der Waals surface area contributed by atoms with E-state index >= 15 is 0 Å². The highest BCUT2D eigenvalue weighted by Gasteiger charge is 2.48. The summed E-state index contributed by atoms with van der Waals surface area (Å²) in [6.07, 6.45) is 8.45. The number of guanidine groups is 1. The second-order valence-corrected chi connectivity index (χ2v) is 8.62. The fourth-order valence-corrected chi connectivity index (χ4v) is 4.89. The molecule has 29 heavy (non-hydrogen) atoms. The highest BCUT2D eigenvalue weighted by molar-refractivity contribution is 14.0. The lowest BCUT2D eigenvalue weighted by atomic mass is 9.79. The molecule has 3 N–H and O–H groups in total. The molecule has 3 fully saturated rings. The van der Waals surface area contributed by atoms with Gasteiger partial charge in [0.15, 0.2) is 5.96 Å². The molecule has 1 aliphatic carbocycles. The van der Waals surface area contributed by atoms with Crippen LogP contribution in [-0.2, 0) is 4.79 Å². The zero-order valence-corrected chi connectivity index (χ0v) is 20.3. The SMILES string of the molecule is CN=C(NCCN(C)C1CCCCC1)N1CCC(C2(C)NC(=O)NC2=O)CC1.I. The van der Waals surface area contributed by atoms with Crippen molar-refractivity contribution in [2.24, 2.45) is 10.9 Å². The van der Waals surface area contributed by atoms with Crippen LogP contribution >= 0.6 is 24.0 Å². The van der Waals surface area contributed by atoms with E-state index in [1.54, 1.807) is 0 Å². The van der Waals surface area contributed by atoms with Gasteiger partial charge in [-0.05, 0) is 45.6 Å². The number of nitrogens with one attached hydrogen (secondary N) is 3. The molecule has 2 heterocycles. The number of hydrogen-bond acceptors (Lipinski definition) is 4. The van der Waals surface area contributed by atoms with E-state index in [0.29, 0.717) is 0 Å². The Labute approximate surface area is 191 Å². The minimum atomic E-state index is -0.789. The first-order chi connectivity index (χ1) is 13.4. The molecule has 2 aliphatic heterocycles. The van der Waals surface area contributed by atoms with E-state index in [1.165, 1.54) is 32.1 Å². The third kappa shape index (κ3) is 5.74. The second-order valence-electron chi connectivity index (χ2n) is 8.62. The van der Waals surface area contributed by atoms with Crippen LogP contribution in [0.5, 0.6) is 0 Å². The first kappa shape index (κ1) is 24.2. The highest BCUT2D eigenvalue weighted by atomic mass is 127. The van der Waals surface area contributed by atoms with Gasteiger partial charge in [-0.3, -0.25) is 15.1 Å². The molecule has 3 rings (SSSR count). The number of urea groups is 1. The molecule has 0 aromatic heterocycles. The van der Waals surface area contributed by atoms with Crippen LogP contribution in [0.4, 0.5) is 4.79 Å². The van der Waals surface area contributed by atoms with E-state index < -0.39 is 5.54 Å². The number of rotatable bonds is 5. The van der Waals surface area contributed by atoms with Gasteiger partial charge in [0.25, 0.3) is 5.91 Å². The smallest absolute Gasteiger partial charge is 0.322 e. The lowest BCUT2D eigenvalue weighted by Crippen LogP contribution is -2.55. The van der Waals surface area contributed by atoms with Crippen molar-refractivity contribution < 1.29 is 9.59 Å². The van der Waals surface area contributed by atoms with E-state index in [2.05, 4.69) is 37.8 Å². The number of carbonyl (C=O) groups is 2. The number of aliphatic imine (C=N–C) groups is 1. The number of hydrogen-bond donors (Lipinski definition) is 3. The zero-order valence-electron chi connectivity index (χ0n) is 18.0. The monoisotopic (exact) mass is 520 g/mol. The quantitative estimate of drug-likeness (QED) is 0.223. The van der Waals surface area contributed by atoms with Gasteiger partial charge in [-0.15, -0.1) is 24.0 Å². The summed E-state index contributed by atoms with van der Waals surface area (Å²) in [6, 6.07) is 0.344. The fraction of sp³-hybridized carbons (Fsp3) is 0.850. The molecule has 1 unspecified atom stereocenters. The molecule has 9 heteroatoms. The normalized spacial score (nSPS) is 26.9. The molecule has 1 atom stereocenters. The van der Waals surface area contributed by atoms with Crippen LogP contribution in [-0.4, -0.2) is 79.6 Å². The molecule has 8 nitrogen and oxygen atoms in total. The summed E-state index contributed by atoms with van der Waals surface area (Å²) in [5.41, 5.74) is -0.789. The Morgan fingerprint density at radius 1 is 1.21 bits per heavy atom. The molecular weight excluding hydrogens is 483 g/mol. The van der Waals surface area contributed by atoms with Crippen molar-refractivity contribution in [3.8, 4) is 0 Å². The van der Waals surface area contributed by atoms with Crippen molar-refractivity contribution in [2.75, 3.05) is 40.3 Å². The summed E-state index contributed by atoms with van der Waals surface area (Å²) in [5.74, 6) is 0.871. The van der Waals surface area contributed by atoms with Gasteiger partial charge in [-0.2, -0.15) is 0 Å². The van der Waals surface area contributed by atoms with Gasteiger partial charge >= 0.3 is 6.03 Å². The topological polar surface area (TPSA) is 89.1 Å². The molecule has 3 amide bonds. The van der Waals surface area contributed by atoms with Crippen molar-refractivity contribution in [3.63, 3.8) is 0 Å². The first-order valence-corrected chi connectivity index (χ1v) is 10.7. The van der Waals surface area contributed by atoms with E-state index in [0.717, 1.165) is 51.0 Å². The molecule has 166 valence electrons. The van der Waals surface area contributed by atoms with Gasteiger partial charge in [-0.25, -0.2) is 4.79 Å². The Hall–Kier alpha value is -1.10. The summed E-state index contributed by atoms with van der Waals surface area (Å²) in [6.45, 7) is 5.41. The highest BCUT2D eigenvalue weighted by Crippen LogP contribution is 2.30. The molecule has 3 aliphatic rings. The van der Waals surface area contributed by atoms with Gasteiger partial charge in [0.05, 0.1) is 0 Å². The maximum atomic E-state index is 12.2. The summed E-state index contributed by atoms with van der Waals surface area (Å²) in [4.78, 5) is 32.9. The predicted octanol–water partition coefficient (Wildman–Crippen LogP) is 1.75. The molecule has 0 aromatic carbocycles. The van der Waals surface area contributed by atoms with E-state index in [-0.39, 0.29) is 41.8 Å². The molecule has 0 bridgehead atoms. The van der Waals surface area contributed by atoms with Crippen molar-refractivity contribution >= 4 is 41.9 Å². The number of nitrogens with zero attached hydrogens (tertiary/aromatic N) is 3. The number of amides is 3. The molecule has 0 spiro atoms. The van der Waals surface area contributed by atoms with E-state index in [4.69, 9.17) is 0 Å². The number of imide groups is 1. The Morgan fingerprint density at radius 3 is 2.41 bits per heavy atom. The van der Waals surface area contributed by atoms with E-state index in [1.807, 2.05) is 14.0 Å². The van der Waals surface area contributed by atoms with Crippen LogP contribution in [0.2, 0.25) is 0 Å². The second kappa shape index (κ2) is 10.8. The molecule has 0 radical (unpaired) electrons. The van der Waals surface area contributed by atoms with Crippen LogP contribution in [0.3, 0.4) is 0 Å². The fourth-order valence-electron chi connectivity index (χ4n) is 4.89. The molecule has 2 saturated heterocycles. The Bertz CT molecular complexity index is 602. The van der Waals surface area contributed by atoms with Crippen LogP contribution in [0.25, 0.3) is 0 Å². The standard InChI is InChI=1S/C20H36N6O2.HI/c1-20(17(27)23-19(28)24-20)15-9-12-26(13-10-15)18(21-2)22-11-14-25(3)16-7-5-4-6-8-16;/h15-16H,4-14H2,1-3H3,(H,21,22)(H2,23,24,27,28);1H. The third-order valence-electron chi connectivity index (χ3n) is 6.84. The third-order valence-corrected chi connectivity index (χ3v) is 6.84. The van der Waals surface area contributed by atoms with Gasteiger partial charge < -0.3 is 20.4 Å². The summed E-state index contributed by atoms with van der Waals surface area (Å²) in [5, 5.41) is 8.69. The minimum absolute atomic E-state index is 0. The Balaban J connectivity index is 0.00000300. The maximum absolute atomic E-state index is 12.2. The number of carbonyl (C=O) groups excluding carboxylic acids is 2. The van der Waals surface area contributed by atoms with Gasteiger partial charge in [-0.1, -0.05) is 19.3 Å². The van der Waals surface area contributed by atoms with Crippen LogP contribution < -0.4 is 16.0 Å². The lowest BCUT2D eigenvalue weighted by Gasteiger charge is -2.40. The van der Waals surface area contributed by atoms with Crippen LogP contribution in [0.15, 0.2) is 4.99 Å². The van der Waals surface area contributed by atoms with Gasteiger partial charge in [0.1, 0.15) is 5.54 Å². The lowest BCUT2D eigenvalue weighted by molar-refractivity contribution is -0.125. The van der Waals surface area contributed by atoms with Crippen molar-refractivity contribution in [2.45, 2.75) is 63.5 Å². The summed E-state index contributed by atoms with van der Waals surface area (Å²) < 4.78 is 0. The van der Waals surface area contributed by atoms with Gasteiger partial charge in [0.2, 0.25) is 0 Å². The summed E-state index contributed by atoms with van der Waals surface area (Å²) in [7, 11) is 4.05. The van der Waals surface area contributed by atoms with Crippen molar-refractivity contribution in [1.29, 1.82) is 0 Å². The Kier molecular flexibility index (Phi) is 8.99. The molecular formula is C20H37IN6O2. The minimum Gasteiger partial charge on any atom is -0.355 e. The maximum Gasteiger partial charge on any atom is 0.322 e. The number of halogens is 1. The average Bonchev–Trinajstić information content (AvgIpc) is 2.98. The van der Waals surface area contributed by atoms with E-state index in [9.17, 15) is 9.59 Å². The van der Waals surface area contributed by atoms with Crippen molar-refractivity contribution in [1.82, 2.24) is 25.8 Å². The largest absolute Gasteiger partial charge is 0.355 e. The number of piperidine rings is 1. The molecule has 0 aromatic rings. The van der Waals surface area contributed by atoms with Crippen molar-refractivity contribution in [3.05, 3.63) is 0 Å². The molecule has 1 saturated carbocycles. The van der Waals surface area contributed by atoms with Crippen LogP contribution in [0, 0.1) is 5.92 Å². The average molecular weight is 520 g/mol. The first-order valence-electron chi connectivity index (χ1n) is 10.7. The van der Waals surface area contributed by atoms with Crippen LogP contribution in [0.1, 0.15) is 51.9 Å². The predicted molar refractivity (Wildman–Crippen MR) is 126 cm³/mol. The zero-order chi connectivity index (χ0) is 20.1.